The molecule has 1 aliphatic heterocycles. The smallest absolute Gasteiger partial charge is 0.257 e. The van der Waals surface area contributed by atoms with E-state index in [1.807, 2.05) is 13.8 Å². The molecule has 0 radical (unpaired) electrons. The summed E-state index contributed by atoms with van der Waals surface area (Å²) in [6.07, 6.45) is 3.09. The Labute approximate surface area is 164 Å². The summed E-state index contributed by atoms with van der Waals surface area (Å²) in [5.74, 6) is -1.93. The zero-order chi connectivity index (χ0) is 20.5. The second-order valence-corrected chi connectivity index (χ2v) is 8.45. The molecule has 1 aromatic carbocycles. The Morgan fingerprint density at radius 2 is 1.96 bits per heavy atom. The molecule has 1 saturated carbocycles. The Morgan fingerprint density at radius 1 is 1.29 bits per heavy atom. The molecule has 3 atom stereocenters. The standard InChI is InChI=1S/C21H28F2N2O3/c1-13(2)11-24-19(26)18-12-28-21(6-4-5-14(3)10-21)25(18)20(27)15-7-16(22)9-17(23)8-15/h7-9,13-14,18H,4-6,10-12H2,1-3H3,(H,24,26)/t14-,18+,21+/m1/s1. The van der Waals surface area contributed by atoms with Gasteiger partial charge in [-0.3, -0.25) is 14.5 Å². The summed E-state index contributed by atoms with van der Waals surface area (Å²) in [6.45, 7) is 6.61. The molecule has 154 valence electrons. The van der Waals surface area contributed by atoms with Gasteiger partial charge < -0.3 is 10.1 Å². The second-order valence-electron chi connectivity index (χ2n) is 8.45. The van der Waals surface area contributed by atoms with Crippen LogP contribution >= 0.6 is 0 Å². The minimum Gasteiger partial charge on any atom is -0.354 e. The summed E-state index contributed by atoms with van der Waals surface area (Å²) in [7, 11) is 0. The van der Waals surface area contributed by atoms with Gasteiger partial charge in [-0.1, -0.05) is 27.2 Å². The number of rotatable bonds is 4. The third-order valence-electron chi connectivity index (χ3n) is 5.51. The van der Waals surface area contributed by atoms with Crippen LogP contribution in [0.3, 0.4) is 0 Å². The van der Waals surface area contributed by atoms with Crippen LogP contribution in [-0.2, 0) is 9.53 Å². The molecule has 0 unspecified atom stereocenters. The summed E-state index contributed by atoms with van der Waals surface area (Å²) >= 11 is 0. The van der Waals surface area contributed by atoms with E-state index in [2.05, 4.69) is 12.2 Å². The van der Waals surface area contributed by atoms with E-state index in [1.54, 1.807) is 0 Å². The van der Waals surface area contributed by atoms with Gasteiger partial charge in [0.2, 0.25) is 5.91 Å². The van der Waals surface area contributed by atoms with Crippen molar-refractivity contribution in [3.8, 4) is 0 Å². The van der Waals surface area contributed by atoms with Crippen LogP contribution in [0.15, 0.2) is 18.2 Å². The molecule has 0 bridgehead atoms. The van der Waals surface area contributed by atoms with Crippen molar-refractivity contribution in [2.24, 2.45) is 11.8 Å². The van der Waals surface area contributed by atoms with Crippen LogP contribution in [0.4, 0.5) is 8.78 Å². The summed E-state index contributed by atoms with van der Waals surface area (Å²) < 4.78 is 33.5. The van der Waals surface area contributed by atoms with Crippen LogP contribution in [0.5, 0.6) is 0 Å². The van der Waals surface area contributed by atoms with Gasteiger partial charge in [0.15, 0.2) is 0 Å². The molecule has 2 fully saturated rings. The summed E-state index contributed by atoms with van der Waals surface area (Å²) in [6, 6.07) is 1.92. The van der Waals surface area contributed by atoms with E-state index < -0.39 is 29.3 Å². The topological polar surface area (TPSA) is 58.6 Å². The number of carbonyl (C=O) groups excluding carboxylic acids is 2. The number of nitrogens with zero attached hydrogens (tertiary/aromatic N) is 1. The Balaban J connectivity index is 1.95. The molecule has 0 aromatic heterocycles. The molecule has 2 amide bonds. The van der Waals surface area contributed by atoms with Gasteiger partial charge in [-0.15, -0.1) is 0 Å². The lowest BCUT2D eigenvalue weighted by atomic mass is 9.83. The number of benzene rings is 1. The van der Waals surface area contributed by atoms with Crippen molar-refractivity contribution in [2.75, 3.05) is 13.2 Å². The van der Waals surface area contributed by atoms with Crippen molar-refractivity contribution >= 4 is 11.8 Å². The first kappa shape index (κ1) is 20.7. The summed E-state index contributed by atoms with van der Waals surface area (Å²) in [4.78, 5) is 27.6. The van der Waals surface area contributed by atoms with E-state index in [4.69, 9.17) is 4.74 Å². The molecule has 1 aromatic rings. The maximum atomic E-state index is 13.7. The van der Waals surface area contributed by atoms with Gasteiger partial charge in [-0.2, -0.15) is 0 Å². The fraction of sp³-hybridized carbons (Fsp3) is 0.619. The first-order valence-electron chi connectivity index (χ1n) is 9.93. The largest absolute Gasteiger partial charge is 0.354 e. The average Bonchev–Trinajstić information content (AvgIpc) is 2.96. The van der Waals surface area contributed by atoms with Crippen molar-refractivity contribution in [1.82, 2.24) is 10.2 Å². The molecule has 3 rings (SSSR count). The zero-order valence-corrected chi connectivity index (χ0v) is 16.6. The normalized spacial score (nSPS) is 27.4. The number of carbonyl (C=O) groups is 2. The highest BCUT2D eigenvalue weighted by Gasteiger charge is 2.54. The minimum absolute atomic E-state index is 0.0835. The van der Waals surface area contributed by atoms with Crippen LogP contribution in [0.1, 0.15) is 56.8 Å². The highest BCUT2D eigenvalue weighted by molar-refractivity contribution is 5.98. The lowest BCUT2D eigenvalue weighted by Crippen LogP contribution is -2.57. The van der Waals surface area contributed by atoms with Gasteiger partial charge in [0, 0.05) is 18.2 Å². The fourth-order valence-electron chi connectivity index (χ4n) is 4.25. The molecular formula is C21H28F2N2O3. The van der Waals surface area contributed by atoms with Crippen LogP contribution in [0.2, 0.25) is 0 Å². The van der Waals surface area contributed by atoms with Crippen molar-refractivity contribution in [2.45, 2.75) is 58.2 Å². The molecule has 28 heavy (non-hydrogen) atoms. The van der Waals surface area contributed by atoms with E-state index in [1.165, 1.54) is 4.90 Å². The Kier molecular flexibility index (Phi) is 6.03. The minimum atomic E-state index is -0.905. The lowest BCUT2D eigenvalue weighted by molar-refractivity contribution is -0.128. The van der Waals surface area contributed by atoms with E-state index in [0.717, 1.165) is 31.0 Å². The van der Waals surface area contributed by atoms with Crippen LogP contribution in [0.25, 0.3) is 0 Å². The number of hydrogen-bond donors (Lipinski definition) is 1. The van der Waals surface area contributed by atoms with Gasteiger partial charge in [-0.05, 0) is 43.2 Å². The average molecular weight is 394 g/mol. The van der Waals surface area contributed by atoms with Crippen LogP contribution in [0, 0.1) is 23.5 Å². The van der Waals surface area contributed by atoms with Gasteiger partial charge >= 0.3 is 0 Å². The number of ether oxygens (including phenoxy) is 1. The molecule has 1 N–H and O–H groups in total. The van der Waals surface area contributed by atoms with E-state index in [-0.39, 0.29) is 24.0 Å². The van der Waals surface area contributed by atoms with Crippen molar-refractivity contribution < 1.29 is 23.1 Å². The predicted octanol–water partition coefficient (Wildman–Crippen LogP) is 3.48. The molecule has 2 aliphatic rings. The second kappa shape index (κ2) is 8.15. The molecule has 1 saturated heterocycles. The zero-order valence-electron chi connectivity index (χ0n) is 16.6. The van der Waals surface area contributed by atoms with Gasteiger partial charge in [0.25, 0.3) is 5.91 Å². The highest BCUT2D eigenvalue weighted by atomic mass is 19.1. The van der Waals surface area contributed by atoms with Crippen LogP contribution < -0.4 is 5.32 Å². The molecule has 5 nitrogen and oxygen atoms in total. The molecule has 1 heterocycles. The van der Waals surface area contributed by atoms with Gasteiger partial charge in [-0.25, -0.2) is 8.78 Å². The number of amides is 2. The summed E-state index contributed by atoms with van der Waals surface area (Å²) in [5.41, 5.74) is -1.01. The van der Waals surface area contributed by atoms with Crippen LogP contribution in [-0.4, -0.2) is 41.6 Å². The van der Waals surface area contributed by atoms with E-state index in [0.29, 0.717) is 25.3 Å². The van der Waals surface area contributed by atoms with Crippen molar-refractivity contribution in [3.05, 3.63) is 35.4 Å². The quantitative estimate of drug-likeness (QED) is 0.851. The first-order chi connectivity index (χ1) is 13.2. The Bertz CT molecular complexity index is 735. The maximum absolute atomic E-state index is 13.7. The fourth-order valence-corrected chi connectivity index (χ4v) is 4.25. The van der Waals surface area contributed by atoms with Crippen molar-refractivity contribution in [1.29, 1.82) is 0 Å². The predicted molar refractivity (Wildman–Crippen MR) is 100 cm³/mol. The van der Waals surface area contributed by atoms with Gasteiger partial charge in [0.1, 0.15) is 23.4 Å². The third kappa shape index (κ3) is 4.19. The lowest BCUT2D eigenvalue weighted by Gasteiger charge is -2.43. The van der Waals surface area contributed by atoms with Crippen molar-refractivity contribution in [3.63, 3.8) is 0 Å². The molecule has 1 aliphatic carbocycles. The summed E-state index contributed by atoms with van der Waals surface area (Å²) in [5, 5.41) is 2.86. The number of halogens is 2. The molecule has 1 spiro atoms. The third-order valence-corrected chi connectivity index (χ3v) is 5.51. The Hall–Kier alpha value is -2.02. The van der Waals surface area contributed by atoms with Gasteiger partial charge in [0.05, 0.1) is 6.61 Å². The Morgan fingerprint density at radius 3 is 2.57 bits per heavy atom. The SMILES string of the molecule is CC(C)CNC(=O)[C@@H]1CO[C@]2(CCC[C@@H](C)C2)N1C(=O)c1cc(F)cc(F)c1. The number of nitrogens with one attached hydrogen (secondary N) is 1. The molecular weight excluding hydrogens is 366 g/mol. The maximum Gasteiger partial charge on any atom is 0.257 e. The highest BCUT2D eigenvalue weighted by Crippen LogP contribution is 2.43. The van der Waals surface area contributed by atoms with E-state index >= 15 is 0 Å². The first-order valence-corrected chi connectivity index (χ1v) is 9.93. The monoisotopic (exact) mass is 394 g/mol. The number of hydrogen-bond acceptors (Lipinski definition) is 3. The van der Waals surface area contributed by atoms with E-state index in [9.17, 15) is 18.4 Å². The molecule has 7 heteroatoms.